The highest BCUT2D eigenvalue weighted by atomic mass is 16.5. The first-order valence-corrected chi connectivity index (χ1v) is 6.17. The third-order valence-corrected chi connectivity index (χ3v) is 2.92. The number of carbonyl (C=O) groups excluding carboxylic acids is 1. The van der Waals surface area contributed by atoms with Crippen LogP contribution in [0, 0.1) is 0 Å². The van der Waals surface area contributed by atoms with Crippen molar-refractivity contribution in [2.45, 2.75) is 13.0 Å². The van der Waals surface area contributed by atoms with Crippen LogP contribution in [0.4, 0.5) is 0 Å². The van der Waals surface area contributed by atoms with Gasteiger partial charge in [-0.25, -0.2) is 9.59 Å². The van der Waals surface area contributed by atoms with E-state index in [1.165, 1.54) is 24.3 Å². The molecule has 2 rings (SSSR count). The summed E-state index contributed by atoms with van der Waals surface area (Å²) >= 11 is 0. The molecule has 0 fully saturated rings. The number of hydrogen-bond acceptors (Lipinski definition) is 3. The van der Waals surface area contributed by atoms with E-state index in [-0.39, 0.29) is 11.7 Å². The molecule has 0 radical (unpaired) electrons. The number of rotatable bonds is 4. The Morgan fingerprint density at radius 3 is 2.05 bits per heavy atom. The minimum atomic E-state index is -1.03. The van der Waals surface area contributed by atoms with E-state index >= 15 is 0 Å². The molecule has 0 bridgehead atoms. The van der Waals surface area contributed by atoms with Crippen LogP contribution in [0.3, 0.4) is 0 Å². The van der Waals surface area contributed by atoms with Crippen LogP contribution < -0.4 is 0 Å². The van der Waals surface area contributed by atoms with E-state index < -0.39 is 11.9 Å². The fraction of sp³-hybridized carbons (Fsp3) is 0.125. The van der Waals surface area contributed by atoms with Crippen LogP contribution in [-0.4, -0.2) is 17.0 Å². The third kappa shape index (κ3) is 3.23. The van der Waals surface area contributed by atoms with Gasteiger partial charge in [0.2, 0.25) is 0 Å². The molecule has 0 aliphatic carbocycles. The molecule has 0 amide bonds. The molecule has 0 aromatic heterocycles. The van der Waals surface area contributed by atoms with Gasteiger partial charge in [-0.05, 0) is 36.8 Å². The van der Waals surface area contributed by atoms with Crippen molar-refractivity contribution in [2.75, 3.05) is 0 Å². The Morgan fingerprint density at radius 2 is 1.50 bits per heavy atom. The average Bonchev–Trinajstić information content (AvgIpc) is 2.48. The standard InChI is InChI=1S/C16H14O4/c1-11(12-5-3-2-4-6-12)20-16(19)14-9-7-13(8-10-14)15(17)18/h2-11H,1H3,(H,17,18). The Hall–Kier alpha value is -2.62. The van der Waals surface area contributed by atoms with Gasteiger partial charge in [0.05, 0.1) is 11.1 Å². The highest BCUT2D eigenvalue weighted by Crippen LogP contribution is 2.18. The molecule has 0 spiro atoms. The van der Waals surface area contributed by atoms with Gasteiger partial charge in [-0.1, -0.05) is 30.3 Å². The number of carboxylic acids is 1. The van der Waals surface area contributed by atoms with E-state index in [2.05, 4.69) is 0 Å². The van der Waals surface area contributed by atoms with E-state index in [9.17, 15) is 9.59 Å². The summed E-state index contributed by atoms with van der Waals surface area (Å²) in [6.07, 6.45) is -0.358. The van der Waals surface area contributed by atoms with E-state index in [1.807, 2.05) is 30.3 Å². The summed E-state index contributed by atoms with van der Waals surface area (Å²) in [5.41, 5.74) is 1.37. The zero-order valence-corrected chi connectivity index (χ0v) is 10.9. The lowest BCUT2D eigenvalue weighted by molar-refractivity contribution is 0.0337. The van der Waals surface area contributed by atoms with Crippen molar-refractivity contribution in [2.24, 2.45) is 0 Å². The molecule has 20 heavy (non-hydrogen) atoms. The summed E-state index contributed by atoms with van der Waals surface area (Å²) < 4.78 is 5.34. The van der Waals surface area contributed by atoms with Gasteiger partial charge in [-0.15, -0.1) is 0 Å². The van der Waals surface area contributed by atoms with Crippen molar-refractivity contribution >= 4 is 11.9 Å². The monoisotopic (exact) mass is 270 g/mol. The number of esters is 1. The molecule has 0 heterocycles. The zero-order valence-electron chi connectivity index (χ0n) is 10.9. The molecule has 0 aliphatic rings. The summed E-state index contributed by atoms with van der Waals surface area (Å²) in [7, 11) is 0. The zero-order chi connectivity index (χ0) is 14.5. The maximum absolute atomic E-state index is 11.9. The van der Waals surface area contributed by atoms with Crippen molar-refractivity contribution in [3.05, 3.63) is 71.3 Å². The van der Waals surface area contributed by atoms with Crippen molar-refractivity contribution in [3.8, 4) is 0 Å². The van der Waals surface area contributed by atoms with Crippen LogP contribution >= 0.6 is 0 Å². The maximum atomic E-state index is 11.9. The molecular weight excluding hydrogens is 256 g/mol. The van der Waals surface area contributed by atoms with Gasteiger partial charge in [0.1, 0.15) is 6.10 Å². The van der Waals surface area contributed by atoms with E-state index in [4.69, 9.17) is 9.84 Å². The van der Waals surface area contributed by atoms with Crippen LogP contribution in [0.5, 0.6) is 0 Å². The fourth-order valence-electron chi connectivity index (χ4n) is 1.77. The highest BCUT2D eigenvalue weighted by molar-refractivity contribution is 5.92. The molecule has 0 saturated heterocycles. The first-order valence-electron chi connectivity index (χ1n) is 6.17. The lowest BCUT2D eigenvalue weighted by atomic mass is 10.1. The summed E-state index contributed by atoms with van der Waals surface area (Å²) in [4.78, 5) is 22.7. The van der Waals surface area contributed by atoms with Crippen LogP contribution in [0.25, 0.3) is 0 Å². The minimum Gasteiger partial charge on any atom is -0.478 e. The number of hydrogen-bond donors (Lipinski definition) is 1. The Kier molecular flexibility index (Phi) is 4.15. The smallest absolute Gasteiger partial charge is 0.338 e. The van der Waals surface area contributed by atoms with Crippen molar-refractivity contribution < 1.29 is 19.4 Å². The Morgan fingerprint density at radius 1 is 0.950 bits per heavy atom. The van der Waals surface area contributed by atoms with Crippen LogP contribution in [0.15, 0.2) is 54.6 Å². The molecule has 102 valence electrons. The van der Waals surface area contributed by atoms with Crippen molar-refractivity contribution in [1.29, 1.82) is 0 Å². The van der Waals surface area contributed by atoms with E-state index in [1.54, 1.807) is 6.92 Å². The quantitative estimate of drug-likeness (QED) is 0.866. The van der Waals surface area contributed by atoms with Crippen LogP contribution in [0.2, 0.25) is 0 Å². The van der Waals surface area contributed by atoms with Crippen LogP contribution in [-0.2, 0) is 4.74 Å². The van der Waals surface area contributed by atoms with Crippen molar-refractivity contribution in [3.63, 3.8) is 0 Å². The molecule has 1 N–H and O–H groups in total. The lowest BCUT2D eigenvalue weighted by Crippen LogP contribution is -2.09. The van der Waals surface area contributed by atoms with Gasteiger partial charge in [0.25, 0.3) is 0 Å². The highest BCUT2D eigenvalue weighted by Gasteiger charge is 2.14. The lowest BCUT2D eigenvalue weighted by Gasteiger charge is -2.13. The number of ether oxygens (including phenoxy) is 1. The molecule has 2 aromatic rings. The molecule has 2 aromatic carbocycles. The summed E-state index contributed by atoms with van der Waals surface area (Å²) in [5, 5.41) is 8.79. The molecule has 0 aliphatic heterocycles. The van der Waals surface area contributed by atoms with Crippen LogP contribution in [0.1, 0.15) is 39.3 Å². The Labute approximate surface area is 116 Å². The molecule has 4 nitrogen and oxygen atoms in total. The number of aromatic carboxylic acids is 1. The number of benzene rings is 2. The second-order valence-electron chi connectivity index (χ2n) is 4.34. The first kappa shape index (κ1) is 13.8. The maximum Gasteiger partial charge on any atom is 0.338 e. The second-order valence-corrected chi connectivity index (χ2v) is 4.34. The molecule has 1 atom stereocenters. The predicted octanol–water partition coefficient (Wildman–Crippen LogP) is 3.30. The Balaban J connectivity index is 2.06. The molecule has 0 saturated carbocycles. The topological polar surface area (TPSA) is 63.6 Å². The van der Waals surface area contributed by atoms with Gasteiger partial charge in [0.15, 0.2) is 0 Å². The first-order chi connectivity index (χ1) is 9.58. The third-order valence-electron chi connectivity index (χ3n) is 2.92. The molecular formula is C16H14O4. The minimum absolute atomic E-state index is 0.137. The van der Waals surface area contributed by atoms with Gasteiger partial charge in [0, 0.05) is 0 Å². The fourth-order valence-corrected chi connectivity index (χ4v) is 1.77. The number of carboxylic acid groups (broad SMARTS) is 1. The Bertz CT molecular complexity index is 602. The molecule has 4 heteroatoms. The second kappa shape index (κ2) is 6.02. The average molecular weight is 270 g/mol. The summed E-state index contributed by atoms with van der Waals surface area (Å²) in [6.45, 7) is 1.79. The summed E-state index contributed by atoms with van der Waals surface area (Å²) in [5.74, 6) is -1.50. The van der Waals surface area contributed by atoms with Gasteiger partial charge < -0.3 is 9.84 Å². The molecule has 1 unspecified atom stereocenters. The number of carbonyl (C=O) groups is 2. The SMILES string of the molecule is CC(OC(=O)c1ccc(C(=O)O)cc1)c1ccccc1. The van der Waals surface area contributed by atoms with Crippen molar-refractivity contribution in [1.82, 2.24) is 0 Å². The van der Waals surface area contributed by atoms with Gasteiger partial charge >= 0.3 is 11.9 Å². The van der Waals surface area contributed by atoms with E-state index in [0.29, 0.717) is 5.56 Å². The van der Waals surface area contributed by atoms with Gasteiger partial charge in [-0.3, -0.25) is 0 Å². The van der Waals surface area contributed by atoms with Gasteiger partial charge in [-0.2, -0.15) is 0 Å². The predicted molar refractivity (Wildman–Crippen MR) is 73.7 cm³/mol. The summed E-state index contributed by atoms with van der Waals surface area (Å²) in [6, 6.07) is 15.1. The largest absolute Gasteiger partial charge is 0.478 e. The normalized spacial score (nSPS) is 11.7. The van der Waals surface area contributed by atoms with E-state index in [0.717, 1.165) is 5.56 Å².